The summed E-state index contributed by atoms with van der Waals surface area (Å²) in [6, 6.07) is 0. The number of nitrogens with two attached hydrogens (primary N) is 1. The molecule has 0 fully saturated rings. The largest absolute Gasteiger partial charge is 0.370 e. The average molecular weight is 198 g/mol. The van der Waals surface area contributed by atoms with E-state index in [-0.39, 0.29) is 18.3 Å². The molecule has 0 atom stereocenters. The van der Waals surface area contributed by atoms with Crippen molar-refractivity contribution in [2.75, 3.05) is 11.5 Å². The molecule has 0 aliphatic heterocycles. The van der Waals surface area contributed by atoms with E-state index >= 15 is 0 Å². The van der Waals surface area contributed by atoms with Crippen LogP contribution in [-0.2, 0) is 4.79 Å². The Morgan fingerprint density at radius 1 is 1.45 bits per heavy atom. The molecule has 0 rings (SSSR count). The Kier molecular flexibility index (Phi) is 12.6. The first-order chi connectivity index (χ1) is 4.77. The predicted molar refractivity (Wildman–Crippen MR) is 53.3 cm³/mol. The van der Waals surface area contributed by atoms with E-state index in [4.69, 9.17) is 5.73 Å². The Hall–Kier alpha value is 0.110. The Bertz CT molecular complexity index is 100. The molecule has 11 heavy (non-hydrogen) atoms. The quantitative estimate of drug-likeness (QED) is 0.661. The summed E-state index contributed by atoms with van der Waals surface area (Å²) in [5.41, 5.74) is 4.96. The minimum absolute atomic E-state index is 0. The lowest BCUT2D eigenvalue weighted by Gasteiger charge is -1.95. The van der Waals surface area contributed by atoms with Gasteiger partial charge in [-0.1, -0.05) is 6.92 Å². The molecule has 68 valence electrons. The number of amides is 1. The second kappa shape index (κ2) is 10.1. The summed E-state index contributed by atoms with van der Waals surface area (Å²) in [5, 5.41) is 0. The molecular formula is C7H16ClNOS. The molecule has 0 saturated heterocycles. The topological polar surface area (TPSA) is 43.1 Å². The lowest BCUT2D eigenvalue weighted by Crippen LogP contribution is -2.09. The number of hydrogen-bond acceptors (Lipinski definition) is 2. The smallest absolute Gasteiger partial charge is 0.217 e. The van der Waals surface area contributed by atoms with Crippen molar-refractivity contribution in [2.24, 2.45) is 5.73 Å². The van der Waals surface area contributed by atoms with Crippen LogP contribution in [0.5, 0.6) is 0 Å². The molecule has 0 saturated carbocycles. The van der Waals surface area contributed by atoms with Crippen molar-refractivity contribution in [3.05, 3.63) is 0 Å². The summed E-state index contributed by atoms with van der Waals surface area (Å²) in [4.78, 5) is 10.2. The molecule has 0 radical (unpaired) electrons. The van der Waals surface area contributed by atoms with E-state index in [0.717, 1.165) is 24.3 Å². The van der Waals surface area contributed by atoms with Crippen molar-refractivity contribution in [3.8, 4) is 0 Å². The van der Waals surface area contributed by atoms with Crippen molar-refractivity contribution in [3.63, 3.8) is 0 Å². The standard InChI is InChI=1S/C7H15NOS.ClH/c1-2-10-6-4-3-5-7(8)9;/h2-6H2,1H3,(H2,8,9);1H. The van der Waals surface area contributed by atoms with Crippen molar-refractivity contribution in [1.29, 1.82) is 0 Å². The second-order valence-corrected chi connectivity index (χ2v) is 3.51. The highest BCUT2D eigenvalue weighted by Gasteiger charge is 1.92. The van der Waals surface area contributed by atoms with Gasteiger partial charge < -0.3 is 5.73 Å². The highest BCUT2D eigenvalue weighted by molar-refractivity contribution is 7.99. The van der Waals surface area contributed by atoms with Gasteiger partial charge in [0.1, 0.15) is 0 Å². The van der Waals surface area contributed by atoms with E-state index in [1.807, 2.05) is 11.8 Å². The molecule has 0 aromatic carbocycles. The van der Waals surface area contributed by atoms with E-state index < -0.39 is 0 Å². The maximum Gasteiger partial charge on any atom is 0.217 e. The van der Waals surface area contributed by atoms with Gasteiger partial charge in [-0.05, 0) is 24.3 Å². The Labute approximate surface area is 78.7 Å². The molecule has 1 amide bonds. The molecule has 0 aromatic rings. The van der Waals surface area contributed by atoms with Crippen LogP contribution < -0.4 is 5.73 Å². The number of rotatable bonds is 6. The van der Waals surface area contributed by atoms with Gasteiger partial charge in [-0.15, -0.1) is 12.4 Å². The van der Waals surface area contributed by atoms with Crippen molar-refractivity contribution >= 4 is 30.1 Å². The summed E-state index contributed by atoms with van der Waals surface area (Å²) in [6.45, 7) is 2.14. The fraction of sp³-hybridized carbons (Fsp3) is 0.857. The highest BCUT2D eigenvalue weighted by atomic mass is 35.5. The van der Waals surface area contributed by atoms with Crippen LogP contribution in [0.2, 0.25) is 0 Å². The van der Waals surface area contributed by atoms with Gasteiger partial charge in [0, 0.05) is 6.42 Å². The van der Waals surface area contributed by atoms with E-state index in [0.29, 0.717) is 6.42 Å². The Morgan fingerprint density at radius 2 is 2.09 bits per heavy atom. The fourth-order valence-electron chi connectivity index (χ4n) is 0.648. The van der Waals surface area contributed by atoms with Crippen LogP contribution in [0.1, 0.15) is 26.2 Å². The summed E-state index contributed by atoms with van der Waals surface area (Å²) in [5.74, 6) is 2.14. The summed E-state index contributed by atoms with van der Waals surface area (Å²) in [7, 11) is 0. The van der Waals surface area contributed by atoms with E-state index in [1.165, 1.54) is 0 Å². The lowest BCUT2D eigenvalue weighted by atomic mass is 10.2. The van der Waals surface area contributed by atoms with Crippen molar-refractivity contribution in [1.82, 2.24) is 0 Å². The van der Waals surface area contributed by atoms with Crippen LogP contribution in [0.3, 0.4) is 0 Å². The number of halogens is 1. The zero-order valence-corrected chi connectivity index (χ0v) is 8.47. The number of thioether (sulfide) groups is 1. The fourth-order valence-corrected chi connectivity index (χ4v) is 1.34. The van der Waals surface area contributed by atoms with Gasteiger partial charge >= 0.3 is 0 Å². The maximum absolute atomic E-state index is 10.2. The van der Waals surface area contributed by atoms with Gasteiger partial charge in [0.2, 0.25) is 5.91 Å². The number of carbonyl (C=O) groups is 1. The molecule has 0 bridgehead atoms. The zero-order chi connectivity index (χ0) is 7.82. The van der Waals surface area contributed by atoms with Crippen molar-refractivity contribution in [2.45, 2.75) is 26.2 Å². The van der Waals surface area contributed by atoms with Gasteiger partial charge in [0.25, 0.3) is 0 Å². The second-order valence-electron chi connectivity index (χ2n) is 2.12. The molecule has 0 aromatic heterocycles. The predicted octanol–water partition coefficient (Wildman–Crippen LogP) is 1.82. The Balaban J connectivity index is 0. The lowest BCUT2D eigenvalue weighted by molar-refractivity contribution is -0.118. The van der Waals surface area contributed by atoms with Crippen LogP contribution in [0, 0.1) is 0 Å². The number of carbonyl (C=O) groups excluding carboxylic acids is 1. The summed E-state index contributed by atoms with van der Waals surface area (Å²) in [6.07, 6.45) is 2.61. The molecule has 0 spiro atoms. The van der Waals surface area contributed by atoms with Gasteiger partial charge in [-0.25, -0.2) is 0 Å². The minimum atomic E-state index is -0.179. The Morgan fingerprint density at radius 3 is 2.55 bits per heavy atom. The number of unbranched alkanes of at least 4 members (excludes halogenated alkanes) is 1. The van der Waals surface area contributed by atoms with Gasteiger partial charge in [0.15, 0.2) is 0 Å². The third-order valence-corrected chi connectivity index (χ3v) is 2.15. The first-order valence-corrected chi connectivity index (χ1v) is 4.79. The van der Waals surface area contributed by atoms with Crippen LogP contribution >= 0.6 is 24.2 Å². The molecule has 2 nitrogen and oxygen atoms in total. The molecule has 0 unspecified atom stereocenters. The van der Waals surface area contributed by atoms with Crippen LogP contribution in [0.4, 0.5) is 0 Å². The van der Waals surface area contributed by atoms with Crippen LogP contribution in [0.25, 0.3) is 0 Å². The minimum Gasteiger partial charge on any atom is -0.370 e. The third kappa shape index (κ3) is 13.2. The normalized spacial score (nSPS) is 8.82. The van der Waals surface area contributed by atoms with E-state index in [1.54, 1.807) is 0 Å². The van der Waals surface area contributed by atoms with E-state index in [2.05, 4.69) is 6.92 Å². The zero-order valence-electron chi connectivity index (χ0n) is 6.84. The molecule has 0 heterocycles. The van der Waals surface area contributed by atoms with Gasteiger partial charge in [-0.2, -0.15) is 11.8 Å². The number of hydrogen-bond donors (Lipinski definition) is 1. The third-order valence-electron chi connectivity index (χ3n) is 1.17. The van der Waals surface area contributed by atoms with Crippen LogP contribution in [-0.4, -0.2) is 17.4 Å². The number of primary amides is 1. The van der Waals surface area contributed by atoms with Crippen LogP contribution in [0.15, 0.2) is 0 Å². The summed E-state index contributed by atoms with van der Waals surface area (Å²) >= 11 is 1.91. The first-order valence-electron chi connectivity index (χ1n) is 3.63. The molecule has 0 aliphatic carbocycles. The maximum atomic E-state index is 10.2. The molecule has 0 aliphatic rings. The summed E-state index contributed by atoms with van der Waals surface area (Å²) < 4.78 is 0. The average Bonchev–Trinajstić information content (AvgIpc) is 1.87. The van der Waals surface area contributed by atoms with Crippen molar-refractivity contribution < 1.29 is 4.79 Å². The first kappa shape index (κ1) is 13.7. The highest BCUT2D eigenvalue weighted by Crippen LogP contribution is 2.04. The monoisotopic (exact) mass is 197 g/mol. The van der Waals surface area contributed by atoms with E-state index in [9.17, 15) is 4.79 Å². The molecule has 2 N–H and O–H groups in total. The molecular weight excluding hydrogens is 182 g/mol. The molecule has 4 heteroatoms. The SMILES string of the molecule is CCSCCCCC(N)=O.Cl. The van der Waals surface area contributed by atoms with Gasteiger partial charge in [-0.3, -0.25) is 4.79 Å². The van der Waals surface area contributed by atoms with Gasteiger partial charge in [0.05, 0.1) is 0 Å².